The topological polar surface area (TPSA) is 179 Å². The van der Waals surface area contributed by atoms with Gasteiger partial charge in [0.15, 0.2) is 0 Å². The Balaban J connectivity index is 2.20. The molecule has 0 radical (unpaired) electrons. The van der Waals surface area contributed by atoms with Crippen LogP contribution in [-0.2, 0) is 30.4 Å². The van der Waals surface area contributed by atoms with E-state index in [2.05, 4.69) is 10.6 Å². The van der Waals surface area contributed by atoms with Gasteiger partial charge >= 0.3 is 11.9 Å². The first kappa shape index (κ1) is 27.8. The second-order valence-corrected chi connectivity index (χ2v) is 9.05. The minimum atomic E-state index is -1.16. The SMILES string of the molecule is CC(C)C(NC(=O)C1CCCN1C(=O)C(Cc1ccccc1)NC(=O)C(N)CCC(=O)O)C(=O)O. The number of amides is 3. The minimum absolute atomic E-state index is 0.0893. The number of carbonyl (C=O) groups is 5. The van der Waals surface area contributed by atoms with Crippen LogP contribution in [0.25, 0.3) is 0 Å². The van der Waals surface area contributed by atoms with E-state index in [1.165, 1.54) is 4.90 Å². The lowest BCUT2D eigenvalue weighted by Gasteiger charge is -2.30. The minimum Gasteiger partial charge on any atom is -0.481 e. The fraction of sp³-hybridized carbons (Fsp3) is 0.542. The Morgan fingerprint density at radius 3 is 2.31 bits per heavy atom. The highest BCUT2D eigenvalue weighted by Crippen LogP contribution is 2.20. The fourth-order valence-corrected chi connectivity index (χ4v) is 4.00. The van der Waals surface area contributed by atoms with Gasteiger partial charge in [0.25, 0.3) is 0 Å². The van der Waals surface area contributed by atoms with E-state index in [9.17, 15) is 29.1 Å². The first-order valence-corrected chi connectivity index (χ1v) is 11.7. The van der Waals surface area contributed by atoms with Crippen LogP contribution in [0.1, 0.15) is 45.1 Å². The zero-order chi connectivity index (χ0) is 26.1. The first-order chi connectivity index (χ1) is 16.5. The lowest BCUT2D eigenvalue weighted by molar-refractivity contribution is -0.146. The molecule has 1 aliphatic rings. The Bertz CT molecular complexity index is 922. The molecule has 1 aromatic carbocycles. The van der Waals surface area contributed by atoms with Crippen molar-refractivity contribution in [1.29, 1.82) is 0 Å². The summed E-state index contributed by atoms with van der Waals surface area (Å²) in [5, 5.41) is 23.4. The van der Waals surface area contributed by atoms with Gasteiger partial charge in [-0.2, -0.15) is 0 Å². The summed E-state index contributed by atoms with van der Waals surface area (Å²) in [6.45, 7) is 3.63. The molecule has 0 spiro atoms. The molecule has 192 valence electrons. The zero-order valence-electron chi connectivity index (χ0n) is 20.0. The highest BCUT2D eigenvalue weighted by Gasteiger charge is 2.39. The molecule has 3 amide bonds. The molecule has 0 saturated carbocycles. The maximum Gasteiger partial charge on any atom is 0.326 e. The second-order valence-electron chi connectivity index (χ2n) is 9.05. The van der Waals surface area contributed by atoms with Gasteiger partial charge in [-0.25, -0.2) is 4.79 Å². The smallest absolute Gasteiger partial charge is 0.326 e. The van der Waals surface area contributed by atoms with Crippen molar-refractivity contribution in [3.05, 3.63) is 35.9 Å². The Kier molecular flexibility index (Phi) is 10.2. The maximum atomic E-state index is 13.5. The van der Waals surface area contributed by atoms with Crippen molar-refractivity contribution in [3.8, 4) is 0 Å². The summed E-state index contributed by atoms with van der Waals surface area (Å²) in [7, 11) is 0. The van der Waals surface area contributed by atoms with Crippen LogP contribution in [0.4, 0.5) is 0 Å². The summed E-state index contributed by atoms with van der Waals surface area (Å²) in [6.07, 6.45) is 0.681. The summed E-state index contributed by atoms with van der Waals surface area (Å²) in [4.78, 5) is 62.8. The lowest BCUT2D eigenvalue weighted by atomic mass is 10.0. The van der Waals surface area contributed by atoms with E-state index in [0.29, 0.717) is 12.8 Å². The molecule has 11 heteroatoms. The molecule has 35 heavy (non-hydrogen) atoms. The standard InChI is InChI=1S/C24H34N4O7/c1-14(2)20(24(34)35)27-22(32)18-9-6-12-28(18)23(33)17(13-15-7-4-3-5-8-15)26-21(31)16(25)10-11-19(29)30/h3-5,7-8,14,16-18,20H,6,9-13,25H2,1-2H3,(H,26,31)(H,27,32)(H,29,30)(H,34,35). The van der Waals surface area contributed by atoms with E-state index in [-0.39, 0.29) is 31.7 Å². The molecule has 1 saturated heterocycles. The number of carboxylic acids is 2. The van der Waals surface area contributed by atoms with Crippen LogP contribution in [0.3, 0.4) is 0 Å². The van der Waals surface area contributed by atoms with Gasteiger partial charge in [-0.1, -0.05) is 44.2 Å². The van der Waals surface area contributed by atoms with Crippen LogP contribution >= 0.6 is 0 Å². The Morgan fingerprint density at radius 2 is 1.74 bits per heavy atom. The molecule has 1 fully saturated rings. The van der Waals surface area contributed by atoms with Crippen molar-refractivity contribution < 1.29 is 34.2 Å². The van der Waals surface area contributed by atoms with Crippen molar-refractivity contribution in [2.24, 2.45) is 11.7 Å². The van der Waals surface area contributed by atoms with Crippen LogP contribution in [-0.4, -0.2) is 75.5 Å². The molecule has 4 unspecified atom stereocenters. The van der Waals surface area contributed by atoms with Gasteiger partial charge in [0, 0.05) is 19.4 Å². The third-order valence-electron chi connectivity index (χ3n) is 5.97. The average molecular weight is 491 g/mol. The van der Waals surface area contributed by atoms with E-state index in [0.717, 1.165) is 5.56 Å². The number of nitrogens with two attached hydrogens (primary N) is 1. The van der Waals surface area contributed by atoms with E-state index < -0.39 is 53.8 Å². The van der Waals surface area contributed by atoms with Gasteiger partial charge in [-0.05, 0) is 30.7 Å². The van der Waals surface area contributed by atoms with Crippen LogP contribution < -0.4 is 16.4 Å². The Labute approximate surface area is 204 Å². The summed E-state index contributed by atoms with van der Waals surface area (Å²) in [5.41, 5.74) is 6.60. The van der Waals surface area contributed by atoms with Crippen molar-refractivity contribution in [3.63, 3.8) is 0 Å². The molecule has 0 bridgehead atoms. The molecule has 1 aromatic rings. The van der Waals surface area contributed by atoms with E-state index in [1.54, 1.807) is 38.1 Å². The molecule has 1 heterocycles. The highest BCUT2D eigenvalue weighted by atomic mass is 16.4. The molecule has 11 nitrogen and oxygen atoms in total. The predicted molar refractivity (Wildman–Crippen MR) is 126 cm³/mol. The normalized spacial score (nSPS) is 17.9. The van der Waals surface area contributed by atoms with Gasteiger partial charge in [-0.3, -0.25) is 19.2 Å². The van der Waals surface area contributed by atoms with Crippen molar-refractivity contribution in [1.82, 2.24) is 15.5 Å². The fourth-order valence-electron chi connectivity index (χ4n) is 4.00. The van der Waals surface area contributed by atoms with E-state index >= 15 is 0 Å². The Hall–Kier alpha value is -3.47. The molecule has 0 aliphatic carbocycles. The number of carboxylic acid groups (broad SMARTS) is 2. The summed E-state index contributed by atoms with van der Waals surface area (Å²) in [5.74, 6) is -4.29. The lowest BCUT2D eigenvalue weighted by Crippen LogP contribution is -2.57. The first-order valence-electron chi connectivity index (χ1n) is 11.7. The summed E-state index contributed by atoms with van der Waals surface area (Å²) in [6, 6.07) is 4.89. The summed E-state index contributed by atoms with van der Waals surface area (Å²) >= 11 is 0. The molecule has 6 N–H and O–H groups in total. The van der Waals surface area contributed by atoms with Gasteiger partial charge in [0.1, 0.15) is 18.1 Å². The van der Waals surface area contributed by atoms with Gasteiger partial charge < -0.3 is 31.5 Å². The predicted octanol–water partition coefficient (Wildman–Crippen LogP) is 0.122. The number of aliphatic carboxylic acids is 2. The van der Waals surface area contributed by atoms with Crippen molar-refractivity contribution in [2.75, 3.05) is 6.54 Å². The molecule has 0 aromatic heterocycles. The highest BCUT2D eigenvalue weighted by molar-refractivity contribution is 5.94. The summed E-state index contributed by atoms with van der Waals surface area (Å²) < 4.78 is 0. The number of benzene rings is 1. The monoisotopic (exact) mass is 490 g/mol. The van der Waals surface area contributed by atoms with Gasteiger partial charge in [0.05, 0.1) is 6.04 Å². The van der Waals surface area contributed by atoms with E-state index in [1.807, 2.05) is 6.07 Å². The molecule has 2 rings (SSSR count). The van der Waals surface area contributed by atoms with Crippen LogP contribution in [0.5, 0.6) is 0 Å². The van der Waals surface area contributed by atoms with Crippen LogP contribution in [0, 0.1) is 5.92 Å². The molecule has 1 aliphatic heterocycles. The van der Waals surface area contributed by atoms with Crippen LogP contribution in [0.2, 0.25) is 0 Å². The largest absolute Gasteiger partial charge is 0.481 e. The number of carbonyl (C=O) groups excluding carboxylic acids is 3. The number of likely N-dealkylation sites (tertiary alicyclic amines) is 1. The van der Waals surface area contributed by atoms with Gasteiger partial charge in [0.2, 0.25) is 17.7 Å². The van der Waals surface area contributed by atoms with Crippen LogP contribution in [0.15, 0.2) is 30.3 Å². The quantitative estimate of drug-likeness (QED) is 0.274. The second kappa shape index (κ2) is 12.8. The molecule has 4 atom stereocenters. The number of hydrogen-bond donors (Lipinski definition) is 5. The third kappa shape index (κ3) is 8.06. The maximum absolute atomic E-state index is 13.5. The van der Waals surface area contributed by atoms with Gasteiger partial charge in [-0.15, -0.1) is 0 Å². The van der Waals surface area contributed by atoms with Crippen molar-refractivity contribution in [2.45, 2.75) is 70.1 Å². The third-order valence-corrected chi connectivity index (χ3v) is 5.97. The average Bonchev–Trinajstić information content (AvgIpc) is 3.30. The number of hydrogen-bond acceptors (Lipinski definition) is 6. The van der Waals surface area contributed by atoms with Crippen molar-refractivity contribution >= 4 is 29.7 Å². The van der Waals surface area contributed by atoms with E-state index in [4.69, 9.17) is 10.8 Å². The Morgan fingerprint density at radius 1 is 1.09 bits per heavy atom. The molecular weight excluding hydrogens is 456 g/mol. The number of nitrogens with one attached hydrogen (secondary N) is 2. The molecular formula is C24H34N4O7. The zero-order valence-corrected chi connectivity index (χ0v) is 20.0. The number of nitrogens with zero attached hydrogens (tertiary/aromatic N) is 1. The number of rotatable bonds is 12.